The van der Waals surface area contributed by atoms with E-state index in [4.69, 9.17) is 21.1 Å². The van der Waals surface area contributed by atoms with Crippen LogP contribution in [0.15, 0.2) is 42.5 Å². The number of rotatable bonds is 6. The zero-order valence-corrected chi connectivity index (χ0v) is 17.7. The number of halogens is 4. The van der Waals surface area contributed by atoms with E-state index < -0.39 is 45.3 Å². The number of ether oxygens (including phenoxy) is 2. The molecule has 1 heterocycles. The van der Waals surface area contributed by atoms with Gasteiger partial charge in [-0.1, -0.05) is 23.7 Å². The average molecular weight is 479 g/mol. The van der Waals surface area contributed by atoms with Crippen LogP contribution in [0, 0.1) is 0 Å². The number of carbonyl (C=O) groups is 1. The lowest BCUT2D eigenvalue weighted by Gasteiger charge is -2.27. The Morgan fingerprint density at radius 1 is 1.23 bits per heavy atom. The van der Waals surface area contributed by atoms with E-state index in [0.717, 1.165) is 18.4 Å². The fraction of sp³-hybridized carbons (Fsp3) is 0.316. The molecule has 2 aromatic rings. The van der Waals surface area contributed by atoms with E-state index in [2.05, 4.69) is 5.32 Å². The Labute approximate surface area is 181 Å². The first-order valence-corrected chi connectivity index (χ1v) is 11.2. The summed E-state index contributed by atoms with van der Waals surface area (Å²) < 4.78 is 75.5. The third-order valence-corrected chi connectivity index (χ3v) is 5.80. The second-order valence-corrected chi connectivity index (χ2v) is 9.05. The topological polar surface area (TPSA) is 84.9 Å². The number of hydrogen-bond acceptors (Lipinski definition) is 5. The van der Waals surface area contributed by atoms with Crippen molar-refractivity contribution in [2.45, 2.75) is 12.3 Å². The highest BCUT2D eigenvalue weighted by Gasteiger charge is 2.34. The van der Waals surface area contributed by atoms with Crippen LogP contribution >= 0.6 is 11.6 Å². The molecule has 0 radical (unpaired) electrons. The number of para-hydroxylation sites is 2. The van der Waals surface area contributed by atoms with Crippen molar-refractivity contribution in [3.8, 4) is 11.5 Å². The zero-order chi connectivity index (χ0) is 22.8. The molecule has 1 unspecified atom stereocenters. The van der Waals surface area contributed by atoms with Gasteiger partial charge in [-0.3, -0.25) is 9.10 Å². The summed E-state index contributed by atoms with van der Waals surface area (Å²) in [5.74, 6) is 0.347. The Balaban J connectivity index is 1.69. The number of nitrogens with one attached hydrogen (secondary N) is 1. The Morgan fingerprint density at radius 3 is 2.55 bits per heavy atom. The number of sulfonamides is 1. The number of fused-ring (bicyclic) bond motifs is 1. The van der Waals surface area contributed by atoms with Crippen LogP contribution in [0.1, 0.15) is 5.56 Å². The van der Waals surface area contributed by atoms with Crippen LogP contribution in [0.5, 0.6) is 11.5 Å². The molecule has 0 saturated heterocycles. The lowest BCUT2D eigenvalue weighted by Crippen LogP contribution is -2.45. The quantitative estimate of drug-likeness (QED) is 0.689. The summed E-state index contributed by atoms with van der Waals surface area (Å²) in [5.41, 5.74) is -1.53. The summed E-state index contributed by atoms with van der Waals surface area (Å²) in [5, 5.41) is 1.93. The molecule has 0 fully saturated rings. The fourth-order valence-corrected chi connectivity index (χ4v) is 3.94. The SMILES string of the molecule is CS(=O)(=O)N(CC(=O)NCC1COc2ccccc2O1)c1ccc(Cl)c(C(F)(F)F)c1. The van der Waals surface area contributed by atoms with Crippen LogP contribution < -0.4 is 19.1 Å². The molecule has 1 N–H and O–H groups in total. The van der Waals surface area contributed by atoms with Crippen molar-refractivity contribution >= 4 is 33.2 Å². The molecular weight excluding hydrogens is 461 g/mol. The molecule has 2 aromatic carbocycles. The summed E-state index contributed by atoms with van der Waals surface area (Å²) in [7, 11) is -4.07. The van der Waals surface area contributed by atoms with E-state index >= 15 is 0 Å². The molecule has 7 nitrogen and oxygen atoms in total. The Bertz CT molecular complexity index is 1080. The Morgan fingerprint density at radius 2 is 1.90 bits per heavy atom. The van der Waals surface area contributed by atoms with E-state index in [1.54, 1.807) is 24.3 Å². The maximum atomic E-state index is 13.1. The molecule has 1 atom stereocenters. The van der Waals surface area contributed by atoms with Crippen molar-refractivity contribution in [2.75, 3.05) is 30.3 Å². The summed E-state index contributed by atoms with van der Waals surface area (Å²) in [4.78, 5) is 12.3. The van der Waals surface area contributed by atoms with Crippen LogP contribution in [0.2, 0.25) is 5.02 Å². The Kier molecular flexibility index (Phi) is 6.56. The molecule has 0 spiro atoms. The van der Waals surface area contributed by atoms with E-state index in [9.17, 15) is 26.4 Å². The molecule has 1 amide bonds. The summed E-state index contributed by atoms with van der Waals surface area (Å²) in [6, 6.07) is 9.59. The van der Waals surface area contributed by atoms with Crippen molar-refractivity contribution in [3.63, 3.8) is 0 Å². The number of hydrogen-bond donors (Lipinski definition) is 1. The molecular formula is C19H18ClF3N2O5S. The summed E-state index contributed by atoms with van der Waals surface area (Å²) >= 11 is 5.58. The number of benzene rings is 2. The first-order valence-electron chi connectivity index (χ1n) is 8.95. The van der Waals surface area contributed by atoms with Crippen LogP contribution in [0.4, 0.5) is 18.9 Å². The van der Waals surface area contributed by atoms with Gasteiger partial charge in [0.15, 0.2) is 11.5 Å². The molecule has 12 heteroatoms. The lowest BCUT2D eigenvalue weighted by molar-refractivity contribution is -0.137. The van der Waals surface area contributed by atoms with E-state index in [1.807, 2.05) is 0 Å². The van der Waals surface area contributed by atoms with Gasteiger partial charge in [0, 0.05) is 0 Å². The van der Waals surface area contributed by atoms with Crippen molar-refractivity contribution in [1.82, 2.24) is 5.32 Å². The minimum atomic E-state index is -4.78. The van der Waals surface area contributed by atoms with Crippen LogP contribution in [-0.4, -0.2) is 46.4 Å². The van der Waals surface area contributed by atoms with E-state index in [0.29, 0.717) is 21.9 Å². The van der Waals surface area contributed by atoms with E-state index in [-0.39, 0.29) is 18.8 Å². The predicted molar refractivity (Wildman–Crippen MR) is 108 cm³/mol. The van der Waals surface area contributed by atoms with Gasteiger partial charge in [-0.15, -0.1) is 0 Å². The normalized spacial score (nSPS) is 16.0. The van der Waals surface area contributed by atoms with Gasteiger partial charge in [-0.05, 0) is 30.3 Å². The largest absolute Gasteiger partial charge is 0.486 e. The number of amides is 1. The molecule has 1 aliphatic rings. The van der Waals surface area contributed by atoms with Gasteiger partial charge in [0.1, 0.15) is 19.3 Å². The average Bonchev–Trinajstić information content (AvgIpc) is 2.69. The maximum absolute atomic E-state index is 13.1. The van der Waals surface area contributed by atoms with Gasteiger partial charge in [-0.2, -0.15) is 13.2 Å². The number of carbonyl (C=O) groups excluding carboxylic acids is 1. The predicted octanol–water partition coefficient (Wildman–Crippen LogP) is 3.08. The molecule has 0 saturated carbocycles. The monoisotopic (exact) mass is 478 g/mol. The van der Waals surface area contributed by atoms with Crippen molar-refractivity contribution in [3.05, 3.63) is 53.1 Å². The smallest absolute Gasteiger partial charge is 0.417 e. The second kappa shape index (κ2) is 8.83. The molecule has 0 aliphatic carbocycles. The summed E-state index contributed by atoms with van der Waals surface area (Å²) in [6.07, 6.45) is -4.51. The highest BCUT2D eigenvalue weighted by molar-refractivity contribution is 7.92. The van der Waals surface area contributed by atoms with Crippen LogP contribution in [-0.2, 0) is 21.0 Å². The minimum absolute atomic E-state index is 0.0131. The first-order chi connectivity index (χ1) is 14.4. The van der Waals surface area contributed by atoms with Crippen molar-refractivity contribution < 1.29 is 35.9 Å². The maximum Gasteiger partial charge on any atom is 0.417 e. The van der Waals surface area contributed by atoms with E-state index in [1.165, 1.54) is 0 Å². The summed E-state index contributed by atoms with van der Waals surface area (Å²) in [6.45, 7) is -0.541. The zero-order valence-electron chi connectivity index (χ0n) is 16.1. The molecule has 31 heavy (non-hydrogen) atoms. The number of nitrogens with zero attached hydrogens (tertiary/aromatic N) is 1. The third kappa shape index (κ3) is 5.73. The van der Waals surface area contributed by atoms with Crippen LogP contribution in [0.3, 0.4) is 0 Å². The molecule has 0 aromatic heterocycles. The van der Waals surface area contributed by atoms with Gasteiger partial charge < -0.3 is 14.8 Å². The molecule has 0 bridgehead atoms. The third-order valence-electron chi connectivity index (χ3n) is 4.33. The highest BCUT2D eigenvalue weighted by Crippen LogP contribution is 2.37. The molecule has 1 aliphatic heterocycles. The molecule has 168 valence electrons. The number of anilines is 1. The first kappa shape index (κ1) is 23.0. The fourth-order valence-electron chi connectivity index (χ4n) is 2.86. The van der Waals surface area contributed by atoms with Gasteiger partial charge in [0.05, 0.1) is 29.1 Å². The van der Waals surface area contributed by atoms with Crippen LogP contribution in [0.25, 0.3) is 0 Å². The second-order valence-electron chi connectivity index (χ2n) is 6.73. The standard InChI is InChI=1S/C19H18ClF3N2O5S/c1-31(27,28)25(12-6-7-15(20)14(8-12)19(21,22)23)10-18(26)24-9-13-11-29-16-4-2-3-5-17(16)30-13/h2-8,13H,9-11H2,1H3,(H,24,26). The van der Waals surface area contributed by atoms with Crippen molar-refractivity contribution in [1.29, 1.82) is 0 Å². The van der Waals surface area contributed by atoms with Gasteiger partial charge in [-0.25, -0.2) is 8.42 Å². The number of alkyl halides is 3. The van der Waals surface area contributed by atoms with Gasteiger partial charge >= 0.3 is 6.18 Å². The van der Waals surface area contributed by atoms with Gasteiger partial charge in [0.2, 0.25) is 15.9 Å². The minimum Gasteiger partial charge on any atom is -0.486 e. The molecule has 3 rings (SSSR count). The Hall–Kier alpha value is -2.66. The lowest BCUT2D eigenvalue weighted by atomic mass is 10.2. The van der Waals surface area contributed by atoms with Crippen molar-refractivity contribution in [2.24, 2.45) is 0 Å². The highest BCUT2D eigenvalue weighted by atomic mass is 35.5. The van der Waals surface area contributed by atoms with Gasteiger partial charge in [0.25, 0.3) is 0 Å².